The lowest BCUT2D eigenvalue weighted by Crippen LogP contribution is -2.25. The molecule has 2 heterocycles. The molecule has 2 aliphatic rings. The van der Waals surface area contributed by atoms with Gasteiger partial charge in [0.1, 0.15) is 0 Å². The Labute approximate surface area is 99.6 Å². The SMILES string of the molecule is O=C(c1ccccc1Cl)C1CC2CCC1O2. The maximum Gasteiger partial charge on any atom is 0.170 e. The van der Waals surface area contributed by atoms with Crippen molar-refractivity contribution < 1.29 is 9.53 Å². The fourth-order valence-electron chi connectivity index (χ4n) is 2.77. The first kappa shape index (κ1) is 10.3. The molecule has 0 N–H and O–H groups in total. The molecule has 1 aromatic rings. The highest BCUT2D eigenvalue weighted by Gasteiger charge is 2.44. The van der Waals surface area contributed by atoms with E-state index in [1.807, 2.05) is 12.1 Å². The summed E-state index contributed by atoms with van der Waals surface area (Å²) >= 11 is 6.04. The number of halogens is 1. The van der Waals surface area contributed by atoms with Crippen molar-refractivity contribution >= 4 is 17.4 Å². The van der Waals surface area contributed by atoms with Crippen LogP contribution in [0.5, 0.6) is 0 Å². The molecule has 84 valence electrons. The smallest absolute Gasteiger partial charge is 0.170 e. The molecule has 2 aliphatic heterocycles. The highest BCUT2D eigenvalue weighted by molar-refractivity contribution is 6.34. The van der Waals surface area contributed by atoms with Gasteiger partial charge in [-0.25, -0.2) is 0 Å². The molecule has 3 atom stereocenters. The second-order valence-corrected chi connectivity index (χ2v) is 4.97. The zero-order chi connectivity index (χ0) is 11.1. The van der Waals surface area contributed by atoms with Gasteiger partial charge >= 0.3 is 0 Å². The number of ketones is 1. The van der Waals surface area contributed by atoms with Gasteiger partial charge in [-0.1, -0.05) is 23.7 Å². The number of rotatable bonds is 2. The number of fused-ring (bicyclic) bond motifs is 2. The van der Waals surface area contributed by atoms with E-state index in [1.165, 1.54) is 0 Å². The molecule has 0 aromatic heterocycles. The maximum atomic E-state index is 12.3. The van der Waals surface area contributed by atoms with Gasteiger partial charge in [-0.15, -0.1) is 0 Å². The molecule has 0 saturated carbocycles. The average molecular weight is 237 g/mol. The third kappa shape index (κ3) is 1.57. The summed E-state index contributed by atoms with van der Waals surface area (Å²) in [6.45, 7) is 0. The molecule has 0 spiro atoms. The number of hydrogen-bond donors (Lipinski definition) is 0. The van der Waals surface area contributed by atoms with Crippen LogP contribution in [-0.4, -0.2) is 18.0 Å². The van der Waals surface area contributed by atoms with Crippen LogP contribution >= 0.6 is 11.6 Å². The van der Waals surface area contributed by atoms with Crippen LogP contribution in [0.15, 0.2) is 24.3 Å². The summed E-state index contributed by atoms with van der Waals surface area (Å²) < 4.78 is 5.70. The first-order valence-electron chi connectivity index (χ1n) is 5.70. The molecule has 1 aromatic carbocycles. The normalized spacial score (nSPS) is 31.9. The molecule has 2 fully saturated rings. The summed E-state index contributed by atoms with van der Waals surface area (Å²) in [5, 5.41) is 0.551. The summed E-state index contributed by atoms with van der Waals surface area (Å²) in [5.74, 6) is 0.177. The Morgan fingerprint density at radius 2 is 2.12 bits per heavy atom. The van der Waals surface area contributed by atoms with Gasteiger partial charge in [-0.2, -0.15) is 0 Å². The van der Waals surface area contributed by atoms with Crippen molar-refractivity contribution in [3.05, 3.63) is 34.9 Å². The van der Waals surface area contributed by atoms with Gasteiger partial charge in [0.25, 0.3) is 0 Å². The van der Waals surface area contributed by atoms with E-state index in [9.17, 15) is 4.79 Å². The highest BCUT2D eigenvalue weighted by Crippen LogP contribution is 2.40. The van der Waals surface area contributed by atoms with Gasteiger partial charge in [0.2, 0.25) is 0 Å². The predicted molar refractivity (Wildman–Crippen MR) is 61.8 cm³/mol. The van der Waals surface area contributed by atoms with Crippen LogP contribution in [0.1, 0.15) is 29.6 Å². The van der Waals surface area contributed by atoms with Crippen LogP contribution in [0.3, 0.4) is 0 Å². The first-order chi connectivity index (χ1) is 7.75. The number of hydrogen-bond acceptors (Lipinski definition) is 2. The summed E-state index contributed by atoms with van der Waals surface area (Å²) in [6, 6.07) is 7.27. The van der Waals surface area contributed by atoms with Gasteiger partial charge in [-0.3, -0.25) is 4.79 Å². The minimum Gasteiger partial charge on any atom is -0.374 e. The molecule has 3 heteroatoms. The summed E-state index contributed by atoms with van der Waals surface area (Å²) in [7, 11) is 0. The Balaban J connectivity index is 1.86. The van der Waals surface area contributed by atoms with E-state index < -0.39 is 0 Å². The predicted octanol–water partition coefficient (Wildman–Crippen LogP) is 3.09. The fraction of sp³-hybridized carbons (Fsp3) is 0.462. The summed E-state index contributed by atoms with van der Waals surface area (Å²) in [5.41, 5.74) is 0.644. The van der Waals surface area contributed by atoms with Crippen LogP contribution < -0.4 is 0 Å². The number of benzene rings is 1. The molecule has 0 aliphatic carbocycles. The molecule has 2 nitrogen and oxygen atoms in total. The molecule has 0 amide bonds. The third-order valence-electron chi connectivity index (χ3n) is 3.58. The fourth-order valence-corrected chi connectivity index (χ4v) is 3.00. The van der Waals surface area contributed by atoms with E-state index in [1.54, 1.807) is 12.1 Å². The number of carbonyl (C=O) groups is 1. The lowest BCUT2D eigenvalue weighted by molar-refractivity contribution is 0.0743. The quantitative estimate of drug-likeness (QED) is 0.738. The minimum atomic E-state index is 0.0265. The third-order valence-corrected chi connectivity index (χ3v) is 3.91. The van der Waals surface area contributed by atoms with Gasteiger partial charge in [0, 0.05) is 5.56 Å². The van der Waals surface area contributed by atoms with Crippen molar-refractivity contribution in [2.24, 2.45) is 5.92 Å². The lowest BCUT2D eigenvalue weighted by Gasteiger charge is -2.17. The van der Waals surface area contributed by atoms with Crippen LogP contribution in [0.2, 0.25) is 5.02 Å². The largest absolute Gasteiger partial charge is 0.374 e. The topological polar surface area (TPSA) is 26.3 Å². The molecule has 3 rings (SSSR count). The molecule has 0 radical (unpaired) electrons. The lowest BCUT2D eigenvalue weighted by atomic mass is 9.84. The van der Waals surface area contributed by atoms with E-state index in [2.05, 4.69) is 0 Å². The van der Waals surface area contributed by atoms with Crippen LogP contribution in [-0.2, 0) is 4.74 Å². The average Bonchev–Trinajstić information content (AvgIpc) is 2.90. The van der Waals surface area contributed by atoms with Gasteiger partial charge in [0.15, 0.2) is 5.78 Å². The van der Waals surface area contributed by atoms with Crippen molar-refractivity contribution in [3.8, 4) is 0 Å². The number of ether oxygens (including phenoxy) is 1. The maximum absolute atomic E-state index is 12.3. The van der Waals surface area contributed by atoms with Gasteiger partial charge < -0.3 is 4.74 Å². The molecule has 2 bridgehead atoms. The zero-order valence-electron chi connectivity index (χ0n) is 8.86. The van der Waals surface area contributed by atoms with Crippen molar-refractivity contribution in [1.82, 2.24) is 0 Å². The Morgan fingerprint density at radius 3 is 2.75 bits per heavy atom. The van der Waals surface area contributed by atoms with Gasteiger partial charge in [0.05, 0.1) is 23.1 Å². The standard InChI is InChI=1S/C13H13ClO2/c14-11-4-2-1-3-9(11)13(15)10-7-8-5-6-12(10)16-8/h1-4,8,10,12H,5-7H2. The summed E-state index contributed by atoms with van der Waals surface area (Å²) in [4.78, 5) is 12.3. The van der Waals surface area contributed by atoms with Crippen molar-refractivity contribution in [3.63, 3.8) is 0 Å². The Hall–Kier alpha value is -0.860. The molecular weight excluding hydrogens is 224 g/mol. The van der Waals surface area contributed by atoms with E-state index >= 15 is 0 Å². The Morgan fingerprint density at radius 1 is 1.31 bits per heavy atom. The van der Waals surface area contributed by atoms with Crippen LogP contribution in [0, 0.1) is 5.92 Å². The zero-order valence-corrected chi connectivity index (χ0v) is 9.61. The van der Waals surface area contributed by atoms with Gasteiger partial charge in [-0.05, 0) is 31.4 Å². The van der Waals surface area contributed by atoms with E-state index in [-0.39, 0.29) is 17.8 Å². The molecule has 3 unspecified atom stereocenters. The Kier molecular flexibility index (Phi) is 2.49. The van der Waals surface area contributed by atoms with E-state index in [4.69, 9.17) is 16.3 Å². The van der Waals surface area contributed by atoms with E-state index in [0.717, 1.165) is 19.3 Å². The summed E-state index contributed by atoms with van der Waals surface area (Å²) in [6.07, 6.45) is 3.44. The minimum absolute atomic E-state index is 0.0265. The molecule has 2 saturated heterocycles. The monoisotopic (exact) mass is 236 g/mol. The van der Waals surface area contributed by atoms with Crippen molar-refractivity contribution in [1.29, 1.82) is 0 Å². The highest BCUT2D eigenvalue weighted by atomic mass is 35.5. The van der Waals surface area contributed by atoms with Crippen LogP contribution in [0.25, 0.3) is 0 Å². The first-order valence-corrected chi connectivity index (χ1v) is 6.07. The van der Waals surface area contributed by atoms with E-state index in [0.29, 0.717) is 16.7 Å². The molecule has 16 heavy (non-hydrogen) atoms. The number of carbonyl (C=O) groups excluding carboxylic acids is 1. The second kappa shape index (κ2) is 3.86. The van der Waals surface area contributed by atoms with Crippen LogP contribution in [0.4, 0.5) is 0 Å². The van der Waals surface area contributed by atoms with Crippen molar-refractivity contribution in [2.45, 2.75) is 31.5 Å². The Bertz CT molecular complexity index is 430. The number of Topliss-reactive ketones (excluding diaryl/α,β-unsaturated/α-hetero) is 1. The second-order valence-electron chi connectivity index (χ2n) is 4.56. The molecular formula is C13H13ClO2. The van der Waals surface area contributed by atoms with Crippen molar-refractivity contribution in [2.75, 3.05) is 0 Å².